The summed E-state index contributed by atoms with van der Waals surface area (Å²) < 4.78 is 6.19. The fourth-order valence-electron chi connectivity index (χ4n) is 4.12. The van der Waals surface area contributed by atoms with E-state index >= 15 is 0 Å². The third-order valence-electron chi connectivity index (χ3n) is 5.41. The Morgan fingerprint density at radius 3 is 2.67 bits per heavy atom. The van der Waals surface area contributed by atoms with Gasteiger partial charge >= 0.3 is 0 Å². The van der Waals surface area contributed by atoms with Gasteiger partial charge in [0.2, 0.25) is 0 Å². The summed E-state index contributed by atoms with van der Waals surface area (Å²) in [6.07, 6.45) is 5.03. The molecule has 2 aromatic rings. The number of hydrogen-bond acceptors (Lipinski definition) is 7. The van der Waals surface area contributed by atoms with Gasteiger partial charge < -0.3 is 19.6 Å². The van der Waals surface area contributed by atoms with Crippen LogP contribution in [0.4, 0.5) is 5.69 Å². The van der Waals surface area contributed by atoms with E-state index in [4.69, 9.17) is 4.74 Å². The quantitative estimate of drug-likeness (QED) is 0.881. The van der Waals surface area contributed by atoms with Crippen molar-refractivity contribution in [3.63, 3.8) is 0 Å². The molecule has 0 bridgehead atoms. The van der Waals surface area contributed by atoms with E-state index in [1.165, 1.54) is 0 Å². The Balaban J connectivity index is 1.55. The number of morpholine rings is 1. The molecular weight excluding hydrogens is 342 g/mol. The second-order valence-corrected chi connectivity index (χ2v) is 7.50. The van der Waals surface area contributed by atoms with E-state index < -0.39 is 0 Å². The van der Waals surface area contributed by atoms with Crippen LogP contribution in [0.15, 0.2) is 24.5 Å². The Hall–Kier alpha value is -2.27. The number of anilines is 1. The number of aromatic nitrogens is 2. The minimum Gasteiger partial charge on any atom is -0.393 e. The highest BCUT2D eigenvalue weighted by Gasteiger charge is 2.29. The molecule has 142 valence electrons. The number of nitrogens with zero attached hydrogens (tertiary/aromatic N) is 5. The van der Waals surface area contributed by atoms with Crippen molar-refractivity contribution < 1.29 is 9.84 Å². The van der Waals surface area contributed by atoms with Crippen LogP contribution in [0, 0.1) is 11.3 Å². The molecule has 1 aromatic heterocycles. The zero-order chi connectivity index (χ0) is 18.8. The Bertz CT molecular complexity index is 844. The molecule has 0 radical (unpaired) electrons. The van der Waals surface area contributed by atoms with Gasteiger partial charge in [0.25, 0.3) is 0 Å². The zero-order valence-electron chi connectivity index (χ0n) is 15.6. The van der Waals surface area contributed by atoms with Crippen LogP contribution in [0.2, 0.25) is 0 Å². The lowest BCUT2D eigenvalue weighted by Crippen LogP contribution is -2.52. The largest absolute Gasteiger partial charge is 0.393 e. The van der Waals surface area contributed by atoms with E-state index in [0.29, 0.717) is 11.1 Å². The Kier molecular flexibility index (Phi) is 5.21. The van der Waals surface area contributed by atoms with Gasteiger partial charge in [-0.25, -0.2) is 0 Å². The summed E-state index contributed by atoms with van der Waals surface area (Å²) in [5, 5.41) is 19.1. The topological polar surface area (TPSA) is 85.5 Å². The number of aliphatic hydroxyl groups excluding tert-OH is 1. The van der Waals surface area contributed by atoms with Gasteiger partial charge in [-0.2, -0.15) is 5.26 Å². The number of nitriles is 1. The molecule has 7 nitrogen and oxygen atoms in total. The molecule has 3 heterocycles. The van der Waals surface area contributed by atoms with Gasteiger partial charge in [-0.1, -0.05) is 0 Å². The number of ether oxygens (including phenoxy) is 1. The van der Waals surface area contributed by atoms with Crippen LogP contribution < -0.4 is 4.90 Å². The van der Waals surface area contributed by atoms with Crippen molar-refractivity contribution in [2.75, 3.05) is 37.6 Å². The molecule has 7 heteroatoms. The van der Waals surface area contributed by atoms with E-state index in [1.54, 1.807) is 12.4 Å². The number of aliphatic hydroxyl groups is 1. The summed E-state index contributed by atoms with van der Waals surface area (Å²) in [5.41, 5.74) is 2.97. The van der Waals surface area contributed by atoms with Crippen molar-refractivity contribution in [1.29, 1.82) is 5.26 Å². The molecule has 4 rings (SSSR count). The summed E-state index contributed by atoms with van der Waals surface area (Å²) in [5.74, 6) is 0. The van der Waals surface area contributed by atoms with E-state index in [9.17, 15) is 10.4 Å². The first-order valence-electron chi connectivity index (χ1n) is 9.58. The Morgan fingerprint density at radius 1 is 1.19 bits per heavy atom. The number of rotatable bonds is 3. The highest BCUT2D eigenvalue weighted by Crippen LogP contribution is 2.29. The molecule has 2 atom stereocenters. The smallest absolute Gasteiger partial charge is 0.113 e. The number of piperidine rings is 1. The van der Waals surface area contributed by atoms with Crippen molar-refractivity contribution >= 4 is 16.7 Å². The number of benzene rings is 1. The average Bonchev–Trinajstić information content (AvgIpc) is 2.68. The maximum atomic E-state index is 9.71. The van der Waals surface area contributed by atoms with Gasteiger partial charge in [-0.3, -0.25) is 9.97 Å². The second-order valence-electron chi connectivity index (χ2n) is 7.50. The zero-order valence-corrected chi connectivity index (χ0v) is 15.6. The first-order valence-corrected chi connectivity index (χ1v) is 9.58. The van der Waals surface area contributed by atoms with Gasteiger partial charge in [0.15, 0.2) is 0 Å². The molecule has 1 aromatic carbocycles. The molecule has 0 saturated carbocycles. The first kappa shape index (κ1) is 18.1. The van der Waals surface area contributed by atoms with Gasteiger partial charge in [-0.15, -0.1) is 0 Å². The highest BCUT2D eigenvalue weighted by atomic mass is 16.5. The van der Waals surface area contributed by atoms with E-state index in [-0.39, 0.29) is 18.3 Å². The third kappa shape index (κ3) is 3.88. The Morgan fingerprint density at radius 2 is 1.93 bits per heavy atom. The maximum absolute atomic E-state index is 9.71. The Labute approximate surface area is 159 Å². The maximum Gasteiger partial charge on any atom is 0.113 e. The van der Waals surface area contributed by atoms with Gasteiger partial charge in [-0.05, 0) is 31.9 Å². The summed E-state index contributed by atoms with van der Waals surface area (Å²) in [6, 6.07) is 6.00. The summed E-state index contributed by atoms with van der Waals surface area (Å²) >= 11 is 0. The predicted molar refractivity (Wildman–Crippen MR) is 102 cm³/mol. The van der Waals surface area contributed by atoms with Gasteiger partial charge in [0.1, 0.15) is 17.1 Å². The van der Waals surface area contributed by atoms with Gasteiger partial charge in [0.05, 0.1) is 29.6 Å². The van der Waals surface area contributed by atoms with Gasteiger partial charge in [0, 0.05) is 45.1 Å². The molecule has 0 amide bonds. The molecule has 1 unspecified atom stereocenters. The van der Waals surface area contributed by atoms with Crippen LogP contribution in [-0.4, -0.2) is 71.0 Å². The lowest BCUT2D eigenvalue weighted by atomic mass is 10.1. The SMILES string of the molecule is CC1CN(c2ccc(C#N)c3nccnc23)C[C@H](CN2CCC(O)CC2)O1. The lowest BCUT2D eigenvalue weighted by molar-refractivity contribution is -0.0397. The van der Waals surface area contributed by atoms with Crippen LogP contribution in [0.3, 0.4) is 0 Å². The summed E-state index contributed by atoms with van der Waals surface area (Å²) in [4.78, 5) is 13.6. The molecule has 2 aliphatic heterocycles. The number of hydrogen-bond donors (Lipinski definition) is 1. The molecule has 2 fully saturated rings. The third-order valence-corrected chi connectivity index (χ3v) is 5.41. The summed E-state index contributed by atoms with van der Waals surface area (Å²) in [6.45, 7) is 6.36. The van der Waals surface area contributed by atoms with Crippen molar-refractivity contribution in [2.24, 2.45) is 0 Å². The van der Waals surface area contributed by atoms with Crippen LogP contribution in [0.5, 0.6) is 0 Å². The fourth-order valence-corrected chi connectivity index (χ4v) is 4.12. The van der Waals surface area contributed by atoms with Crippen LogP contribution >= 0.6 is 0 Å². The van der Waals surface area contributed by atoms with Crippen LogP contribution in [-0.2, 0) is 4.74 Å². The molecule has 1 N–H and O–H groups in total. The standard InChI is InChI=1S/C20H25N5O2/c1-14-11-25(13-17(27-14)12-24-8-4-16(26)5-9-24)18-3-2-15(10-21)19-20(18)23-7-6-22-19/h2-3,6-7,14,16-17,26H,4-5,8-9,11-13H2,1H3/t14?,17-/m0/s1. The number of likely N-dealkylation sites (tertiary alicyclic amines) is 1. The highest BCUT2D eigenvalue weighted by molar-refractivity contribution is 5.92. The van der Waals surface area contributed by atoms with Crippen molar-refractivity contribution in [2.45, 2.75) is 38.1 Å². The van der Waals surface area contributed by atoms with Crippen molar-refractivity contribution in [3.05, 3.63) is 30.1 Å². The minimum absolute atomic E-state index is 0.103. The molecular formula is C20H25N5O2. The molecule has 2 saturated heterocycles. The molecule has 0 spiro atoms. The monoisotopic (exact) mass is 367 g/mol. The molecule has 27 heavy (non-hydrogen) atoms. The normalized spacial score (nSPS) is 24.9. The lowest BCUT2D eigenvalue weighted by Gasteiger charge is -2.41. The van der Waals surface area contributed by atoms with E-state index in [1.807, 2.05) is 12.1 Å². The van der Waals surface area contributed by atoms with Crippen molar-refractivity contribution in [3.8, 4) is 6.07 Å². The first-order chi connectivity index (χ1) is 13.1. The predicted octanol–water partition coefficient (Wildman–Crippen LogP) is 1.55. The second kappa shape index (κ2) is 7.77. The van der Waals surface area contributed by atoms with E-state index in [2.05, 4.69) is 32.8 Å². The van der Waals surface area contributed by atoms with Crippen LogP contribution in [0.25, 0.3) is 11.0 Å². The average molecular weight is 367 g/mol. The van der Waals surface area contributed by atoms with E-state index in [0.717, 1.165) is 56.8 Å². The number of fused-ring (bicyclic) bond motifs is 1. The molecule has 2 aliphatic rings. The summed E-state index contributed by atoms with van der Waals surface area (Å²) in [7, 11) is 0. The fraction of sp³-hybridized carbons (Fsp3) is 0.550. The molecule has 0 aliphatic carbocycles. The minimum atomic E-state index is -0.160. The van der Waals surface area contributed by atoms with Crippen LogP contribution in [0.1, 0.15) is 25.3 Å². The van der Waals surface area contributed by atoms with Crippen molar-refractivity contribution in [1.82, 2.24) is 14.9 Å².